The van der Waals surface area contributed by atoms with Gasteiger partial charge in [-0.2, -0.15) is 0 Å². The number of rotatable bonds is 0. The maximum absolute atomic E-state index is 2.33. The van der Waals surface area contributed by atoms with Gasteiger partial charge in [0.15, 0.2) is 0 Å². The van der Waals surface area contributed by atoms with Crippen molar-refractivity contribution in [1.82, 2.24) is 0 Å². The van der Waals surface area contributed by atoms with Crippen molar-refractivity contribution in [3.8, 4) is 0 Å². The predicted molar refractivity (Wildman–Crippen MR) is 33.3 cm³/mol. The van der Waals surface area contributed by atoms with Crippen LogP contribution < -0.4 is 0 Å². The summed E-state index contributed by atoms with van der Waals surface area (Å²) in [6.07, 6.45) is 0. The van der Waals surface area contributed by atoms with Crippen LogP contribution in [0, 0.1) is 0 Å². The molecule has 2 heteroatoms. The van der Waals surface area contributed by atoms with Gasteiger partial charge in [-0.3, -0.25) is 0 Å². The summed E-state index contributed by atoms with van der Waals surface area (Å²) in [7, 11) is 0. The van der Waals surface area contributed by atoms with Gasteiger partial charge in [0, 0.05) is 0 Å². The molecule has 0 heterocycles. The second kappa shape index (κ2) is 5.34. The van der Waals surface area contributed by atoms with Gasteiger partial charge in [0.1, 0.15) is 0 Å². The zero-order valence-corrected chi connectivity index (χ0v) is 12.3. The van der Waals surface area contributed by atoms with Gasteiger partial charge in [-0.1, -0.05) is 0 Å². The summed E-state index contributed by atoms with van der Waals surface area (Å²) in [5, 5.41) is 0. The Bertz CT molecular complexity index is 11.6. The quantitative estimate of drug-likeness (QED) is 0.529. The molecule has 0 amide bonds. The van der Waals surface area contributed by atoms with Crippen LogP contribution in [0.2, 0.25) is 17.3 Å². The summed E-state index contributed by atoms with van der Waals surface area (Å²) in [5.74, 6) is 7.00. The van der Waals surface area contributed by atoms with Crippen LogP contribution in [0.3, 0.4) is 0 Å². The van der Waals surface area contributed by atoms with E-state index in [0.29, 0.717) is 0 Å². The Morgan fingerprint density at radius 3 is 1.00 bits per heavy atom. The van der Waals surface area contributed by atoms with Crippen LogP contribution in [0.4, 0.5) is 0 Å². The summed E-state index contributed by atoms with van der Waals surface area (Å²) < 4.78 is 0. The first-order valence-corrected chi connectivity index (χ1v) is 7.79. The fourth-order valence-electron chi connectivity index (χ4n) is 0. The van der Waals surface area contributed by atoms with Gasteiger partial charge < -0.3 is 0 Å². The van der Waals surface area contributed by atoms with E-state index in [0.717, 1.165) is 0 Å². The van der Waals surface area contributed by atoms with E-state index in [-0.39, 0.29) is 38.3 Å². The molecule has 0 bridgehead atoms. The molecule has 0 rings (SSSR count). The Balaban J connectivity index is 0. The van der Waals surface area contributed by atoms with Crippen molar-refractivity contribution in [3.05, 3.63) is 0 Å². The SMILES string of the molecule is [CH3][Ge]([CH3])[CH3].[SnH3]. The summed E-state index contributed by atoms with van der Waals surface area (Å²) in [4.78, 5) is 0. The fraction of sp³-hybridized carbons (Fsp3) is 1.00. The first kappa shape index (κ1) is 9.60. The number of hydrogen-bond acceptors (Lipinski definition) is 0. The minimum atomic E-state index is -0.333. The van der Waals surface area contributed by atoms with E-state index in [4.69, 9.17) is 0 Å². The van der Waals surface area contributed by atoms with Crippen LogP contribution in [0.5, 0.6) is 0 Å². The molecule has 5 heavy (non-hydrogen) atoms. The van der Waals surface area contributed by atoms with Gasteiger partial charge in [0.25, 0.3) is 0 Å². The van der Waals surface area contributed by atoms with E-state index in [1.807, 2.05) is 0 Å². The molecule has 0 saturated heterocycles. The van der Waals surface area contributed by atoms with E-state index in [1.165, 1.54) is 0 Å². The minimum absolute atomic E-state index is 0. The Morgan fingerprint density at radius 2 is 1.00 bits per heavy atom. The van der Waals surface area contributed by atoms with Gasteiger partial charge >= 0.3 is 55.5 Å². The second-order valence-electron chi connectivity index (χ2n) is 1.50. The molecule has 2 radical (unpaired) electrons. The predicted octanol–water partition coefficient (Wildman–Crippen LogP) is 0.187. The molecule has 0 aliphatic heterocycles. The van der Waals surface area contributed by atoms with Crippen LogP contribution in [0.1, 0.15) is 0 Å². The first-order chi connectivity index (χ1) is 1.73. The standard InChI is InChI=1S/C3H9Ge.Sn.3H/c1-4(2)3;;;;/h1-3H3;;;;. The van der Waals surface area contributed by atoms with Crippen molar-refractivity contribution < 1.29 is 0 Å². The molecule has 0 fully saturated rings. The summed E-state index contributed by atoms with van der Waals surface area (Å²) in [6.45, 7) is 0. The summed E-state index contributed by atoms with van der Waals surface area (Å²) >= 11 is -0.333. The molecule has 0 aliphatic carbocycles. The molecule has 32 valence electrons. The fourth-order valence-corrected chi connectivity index (χ4v) is 0. The van der Waals surface area contributed by atoms with Crippen LogP contribution in [-0.2, 0) is 0 Å². The van der Waals surface area contributed by atoms with Crippen molar-refractivity contribution in [3.63, 3.8) is 0 Å². The second-order valence-corrected chi connectivity index (χ2v) is 7.79. The molecule has 0 aliphatic rings. The van der Waals surface area contributed by atoms with E-state index >= 15 is 0 Å². The van der Waals surface area contributed by atoms with Crippen LogP contribution in [0.15, 0.2) is 0 Å². The molecule has 0 aromatic heterocycles. The van der Waals surface area contributed by atoms with Crippen molar-refractivity contribution >= 4 is 38.3 Å². The topological polar surface area (TPSA) is 0 Å². The molecule has 0 aromatic rings. The van der Waals surface area contributed by atoms with Crippen LogP contribution in [0.25, 0.3) is 0 Å². The Kier molecular flexibility index (Phi) is 10.3. The molecule has 0 unspecified atom stereocenters. The molecular formula is C3H12GeSn. The van der Waals surface area contributed by atoms with Crippen molar-refractivity contribution in [1.29, 1.82) is 0 Å². The third-order valence-corrected chi connectivity index (χ3v) is 0. The van der Waals surface area contributed by atoms with Crippen LogP contribution in [-0.4, -0.2) is 38.3 Å². The Labute approximate surface area is 55.4 Å². The van der Waals surface area contributed by atoms with Gasteiger partial charge in [0.2, 0.25) is 0 Å². The van der Waals surface area contributed by atoms with Gasteiger partial charge in [0.05, 0.1) is 0 Å². The van der Waals surface area contributed by atoms with E-state index < -0.39 is 0 Å². The van der Waals surface area contributed by atoms with Gasteiger partial charge in [-0.25, -0.2) is 0 Å². The Morgan fingerprint density at radius 1 is 1.00 bits per heavy atom. The maximum atomic E-state index is 2.33. The average Bonchev–Trinajstić information content (AvgIpc) is 0.811. The normalized spacial score (nSPS) is 7.20. The summed E-state index contributed by atoms with van der Waals surface area (Å²) in [6, 6.07) is 0. The monoisotopic (exact) mass is 242 g/mol. The molecule has 0 N–H and O–H groups in total. The van der Waals surface area contributed by atoms with E-state index in [9.17, 15) is 0 Å². The van der Waals surface area contributed by atoms with Gasteiger partial charge in [-0.15, -0.1) is 0 Å². The van der Waals surface area contributed by atoms with Gasteiger partial charge in [-0.05, 0) is 0 Å². The molecule has 0 nitrogen and oxygen atoms in total. The van der Waals surface area contributed by atoms with Crippen molar-refractivity contribution in [2.45, 2.75) is 17.3 Å². The zero-order valence-electron chi connectivity index (χ0n) is 4.50. The first-order valence-electron chi connectivity index (χ1n) is 1.50. The summed E-state index contributed by atoms with van der Waals surface area (Å²) in [5.41, 5.74) is 0. The van der Waals surface area contributed by atoms with Crippen molar-refractivity contribution in [2.24, 2.45) is 0 Å². The number of hydrogen-bond donors (Lipinski definition) is 0. The third kappa shape index (κ3) is 33.1. The van der Waals surface area contributed by atoms with Crippen LogP contribution >= 0.6 is 0 Å². The van der Waals surface area contributed by atoms with Crippen molar-refractivity contribution in [2.75, 3.05) is 0 Å². The molecular weight excluding hydrogens is 227 g/mol. The molecule has 0 atom stereocenters. The van der Waals surface area contributed by atoms with E-state index in [2.05, 4.69) is 17.3 Å². The third-order valence-electron chi connectivity index (χ3n) is 0. The molecule has 0 saturated carbocycles. The zero-order chi connectivity index (χ0) is 3.58. The Hall–Kier alpha value is 1.34. The average molecular weight is 239 g/mol. The molecule has 0 spiro atoms. The van der Waals surface area contributed by atoms with E-state index in [1.54, 1.807) is 0 Å². The molecule has 0 aromatic carbocycles.